The fourth-order valence-corrected chi connectivity index (χ4v) is 1.95. The Bertz CT molecular complexity index is 339. The Morgan fingerprint density at radius 2 is 1.86 bits per heavy atom. The molecule has 0 aliphatic heterocycles. The summed E-state index contributed by atoms with van der Waals surface area (Å²) >= 11 is 5.76. The van der Waals surface area contributed by atoms with Crippen molar-refractivity contribution in [1.82, 2.24) is 0 Å². The van der Waals surface area contributed by atoms with E-state index in [-0.39, 0.29) is 5.92 Å². The number of rotatable bonds is 2. The van der Waals surface area contributed by atoms with E-state index in [9.17, 15) is 4.79 Å². The summed E-state index contributed by atoms with van der Waals surface area (Å²) < 4.78 is 0. The molecule has 14 heavy (non-hydrogen) atoms. The molecule has 0 heterocycles. The molecule has 1 aliphatic carbocycles. The van der Waals surface area contributed by atoms with Gasteiger partial charge in [0, 0.05) is 5.02 Å². The highest BCUT2D eigenvalue weighted by molar-refractivity contribution is 6.30. The third-order valence-corrected chi connectivity index (χ3v) is 3.08. The second kappa shape index (κ2) is 3.62. The van der Waals surface area contributed by atoms with Crippen LogP contribution < -0.4 is 0 Å². The fourth-order valence-electron chi connectivity index (χ4n) is 1.83. The van der Waals surface area contributed by atoms with Crippen molar-refractivity contribution in [2.45, 2.75) is 18.8 Å². The van der Waals surface area contributed by atoms with E-state index in [1.54, 1.807) is 0 Å². The van der Waals surface area contributed by atoms with Gasteiger partial charge in [-0.25, -0.2) is 0 Å². The topological polar surface area (TPSA) is 37.3 Å². The van der Waals surface area contributed by atoms with Gasteiger partial charge in [-0.05, 0) is 36.5 Å². The average molecular weight is 211 g/mol. The van der Waals surface area contributed by atoms with Crippen LogP contribution in [0.2, 0.25) is 5.02 Å². The van der Waals surface area contributed by atoms with Crippen molar-refractivity contribution in [2.24, 2.45) is 5.92 Å². The summed E-state index contributed by atoms with van der Waals surface area (Å²) in [4.78, 5) is 10.6. The molecular weight excluding hydrogens is 200 g/mol. The van der Waals surface area contributed by atoms with E-state index in [1.807, 2.05) is 24.3 Å². The maximum atomic E-state index is 10.6. The predicted octanol–water partition coefficient (Wildman–Crippen LogP) is 2.92. The number of aliphatic carboxylic acids is 1. The molecule has 0 atom stereocenters. The molecule has 2 rings (SSSR count). The molecule has 0 aromatic heterocycles. The van der Waals surface area contributed by atoms with Crippen molar-refractivity contribution >= 4 is 17.6 Å². The summed E-state index contributed by atoms with van der Waals surface area (Å²) in [6.07, 6.45) is 1.52. The minimum absolute atomic E-state index is 0.143. The summed E-state index contributed by atoms with van der Waals surface area (Å²) in [5, 5.41) is 9.45. The number of hydrogen-bond donors (Lipinski definition) is 1. The van der Waals surface area contributed by atoms with Gasteiger partial charge in [-0.3, -0.25) is 4.79 Å². The molecule has 1 fully saturated rings. The van der Waals surface area contributed by atoms with E-state index in [1.165, 1.54) is 5.56 Å². The molecule has 1 saturated carbocycles. The molecule has 1 aromatic carbocycles. The molecule has 0 unspecified atom stereocenters. The molecule has 0 amide bonds. The highest BCUT2D eigenvalue weighted by Gasteiger charge is 2.34. The first-order valence-corrected chi connectivity index (χ1v) is 5.03. The smallest absolute Gasteiger partial charge is 0.306 e. The summed E-state index contributed by atoms with van der Waals surface area (Å²) in [5.41, 5.74) is 1.20. The third-order valence-electron chi connectivity index (χ3n) is 2.83. The minimum Gasteiger partial charge on any atom is -0.481 e. The molecule has 0 radical (unpaired) electrons. The second-order valence-electron chi connectivity index (χ2n) is 3.76. The number of carboxylic acids is 1. The van der Waals surface area contributed by atoms with Crippen LogP contribution in [0.15, 0.2) is 24.3 Å². The lowest BCUT2D eigenvalue weighted by molar-refractivity contribution is -0.145. The Labute approximate surface area is 87.5 Å². The fraction of sp³-hybridized carbons (Fsp3) is 0.364. The first-order chi connectivity index (χ1) is 6.66. The Morgan fingerprint density at radius 3 is 2.36 bits per heavy atom. The van der Waals surface area contributed by atoms with Crippen molar-refractivity contribution in [3.8, 4) is 0 Å². The first kappa shape index (κ1) is 9.53. The van der Waals surface area contributed by atoms with Gasteiger partial charge in [-0.2, -0.15) is 0 Å². The number of halogens is 1. The van der Waals surface area contributed by atoms with Gasteiger partial charge >= 0.3 is 5.97 Å². The van der Waals surface area contributed by atoms with Crippen LogP contribution >= 0.6 is 11.6 Å². The van der Waals surface area contributed by atoms with E-state index in [4.69, 9.17) is 16.7 Å². The summed E-state index contributed by atoms with van der Waals surface area (Å²) in [6.45, 7) is 0. The number of hydrogen-bond acceptors (Lipinski definition) is 1. The van der Waals surface area contributed by atoms with Gasteiger partial charge in [-0.1, -0.05) is 23.7 Å². The van der Waals surface area contributed by atoms with Crippen LogP contribution in [-0.4, -0.2) is 11.1 Å². The predicted molar refractivity (Wildman–Crippen MR) is 54.6 cm³/mol. The molecule has 1 N–H and O–H groups in total. The van der Waals surface area contributed by atoms with Crippen LogP contribution in [-0.2, 0) is 4.79 Å². The molecule has 1 aromatic rings. The summed E-state index contributed by atoms with van der Waals surface area (Å²) in [6, 6.07) is 7.66. The van der Waals surface area contributed by atoms with E-state index >= 15 is 0 Å². The molecule has 74 valence electrons. The van der Waals surface area contributed by atoms with Gasteiger partial charge in [0.15, 0.2) is 0 Å². The van der Waals surface area contributed by atoms with Crippen LogP contribution in [0.1, 0.15) is 24.3 Å². The standard InChI is InChI=1S/C11H11ClO2/c12-10-3-1-7(2-4-10)8-5-9(6-8)11(13)14/h1-4,8-9H,5-6H2,(H,13,14). The monoisotopic (exact) mass is 210 g/mol. The van der Waals surface area contributed by atoms with Crippen molar-refractivity contribution in [3.05, 3.63) is 34.9 Å². The van der Waals surface area contributed by atoms with E-state index < -0.39 is 5.97 Å². The van der Waals surface area contributed by atoms with Gasteiger partial charge in [0.2, 0.25) is 0 Å². The molecule has 1 aliphatic rings. The Morgan fingerprint density at radius 1 is 1.29 bits per heavy atom. The lowest BCUT2D eigenvalue weighted by Crippen LogP contribution is -2.28. The minimum atomic E-state index is -0.671. The van der Waals surface area contributed by atoms with Crippen LogP contribution in [0.4, 0.5) is 0 Å². The van der Waals surface area contributed by atoms with Crippen molar-refractivity contribution in [3.63, 3.8) is 0 Å². The number of carboxylic acid groups (broad SMARTS) is 1. The van der Waals surface area contributed by atoms with Crippen LogP contribution in [0, 0.1) is 5.92 Å². The molecule has 2 nitrogen and oxygen atoms in total. The van der Waals surface area contributed by atoms with Crippen LogP contribution in [0.3, 0.4) is 0 Å². The van der Waals surface area contributed by atoms with E-state index in [0.717, 1.165) is 17.9 Å². The highest BCUT2D eigenvalue weighted by Crippen LogP contribution is 2.41. The Balaban J connectivity index is 2.00. The van der Waals surface area contributed by atoms with E-state index in [0.29, 0.717) is 5.92 Å². The van der Waals surface area contributed by atoms with Crippen LogP contribution in [0.5, 0.6) is 0 Å². The van der Waals surface area contributed by atoms with Gasteiger partial charge < -0.3 is 5.11 Å². The van der Waals surface area contributed by atoms with Gasteiger partial charge in [0.1, 0.15) is 0 Å². The van der Waals surface area contributed by atoms with Crippen molar-refractivity contribution < 1.29 is 9.90 Å². The zero-order valence-corrected chi connectivity index (χ0v) is 8.37. The highest BCUT2D eigenvalue weighted by atomic mass is 35.5. The molecule has 0 bridgehead atoms. The van der Waals surface area contributed by atoms with Crippen molar-refractivity contribution in [2.75, 3.05) is 0 Å². The number of benzene rings is 1. The van der Waals surface area contributed by atoms with Crippen LogP contribution in [0.25, 0.3) is 0 Å². The second-order valence-corrected chi connectivity index (χ2v) is 4.19. The largest absolute Gasteiger partial charge is 0.481 e. The zero-order valence-electron chi connectivity index (χ0n) is 7.61. The van der Waals surface area contributed by atoms with Crippen molar-refractivity contribution in [1.29, 1.82) is 0 Å². The molecule has 0 spiro atoms. The van der Waals surface area contributed by atoms with Gasteiger partial charge in [-0.15, -0.1) is 0 Å². The third kappa shape index (κ3) is 1.75. The SMILES string of the molecule is O=C(O)C1CC(c2ccc(Cl)cc2)C1. The quantitative estimate of drug-likeness (QED) is 0.815. The molecule has 0 saturated heterocycles. The van der Waals surface area contributed by atoms with Gasteiger partial charge in [0.25, 0.3) is 0 Å². The van der Waals surface area contributed by atoms with Gasteiger partial charge in [0.05, 0.1) is 5.92 Å². The molecule has 3 heteroatoms. The zero-order chi connectivity index (χ0) is 10.1. The Kier molecular flexibility index (Phi) is 2.46. The average Bonchev–Trinajstić information content (AvgIpc) is 2.05. The summed E-state index contributed by atoms with van der Waals surface area (Å²) in [5.74, 6) is -0.403. The normalized spacial score (nSPS) is 25.5. The summed E-state index contributed by atoms with van der Waals surface area (Å²) in [7, 11) is 0. The lowest BCUT2D eigenvalue weighted by atomic mass is 9.71. The first-order valence-electron chi connectivity index (χ1n) is 4.65. The lowest BCUT2D eigenvalue weighted by Gasteiger charge is -2.32. The van der Waals surface area contributed by atoms with E-state index in [2.05, 4.69) is 0 Å². The maximum absolute atomic E-state index is 10.6. The molecular formula is C11H11ClO2. The maximum Gasteiger partial charge on any atom is 0.306 e. The Hall–Kier alpha value is -1.02. The number of carbonyl (C=O) groups is 1.